The number of aliphatic imine (C=N–C) groups is 1. The fraction of sp³-hybridized carbons (Fsp3) is 0.148. The van der Waals surface area contributed by atoms with Crippen LogP contribution in [-0.2, 0) is 11.4 Å². The van der Waals surface area contributed by atoms with Crippen molar-refractivity contribution >= 4 is 63.8 Å². The first-order valence-corrected chi connectivity index (χ1v) is 12.7. The van der Waals surface area contributed by atoms with Crippen molar-refractivity contribution in [3.63, 3.8) is 0 Å². The number of methoxy groups -OCH3 is 1. The molecule has 0 spiro atoms. The number of carboxylic acids is 1. The highest BCUT2D eigenvalue weighted by Crippen LogP contribution is 2.36. The quantitative estimate of drug-likeness (QED) is 0.303. The van der Waals surface area contributed by atoms with E-state index >= 15 is 0 Å². The van der Waals surface area contributed by atoms with E-state index in [-0.39, 0.29) is 18.1 Å². The van der Waals surface area contributed by atoms with Crippen molar-refractivity contribution in [2.24, 2.45) is 4.99 Å². The van der Waals surface area contributed by atoms with E-state index in [9.17, 15) is 14.7 Å². The average molecular weight is 557 g/mol. The second-order valence-corrected chi connectivity index (χ2v) is 9.68. The number of nitrogens with zero attached hydrogens (tertiary/aromatic N) is 2. The minimum absolute atomic E-state index is 0.128. The molecular weight excluding hydrogens is 535 g/mol. The van der Waals surface area contributed by atoms with Crippen molar-refractivity contribution in [2.45, 2.75) is 13.5 Å². The lowest BCUT2D eigenvalue weighted by molar-refractivity contribution is -0.122. The monoisotopic (exact) mass is 556 g/mol. The number of carbonyl (C=O) groups excluding carboxylic acids is 1. The molecule has 0 bridgehead atoms. The van der Waals surface area contributed by atoms with E-state index in [0.29, 0.717) is 43.8 Å². The van der Waals surface area contributed by atoms with Crippen LogP contribution < -0.4 is 9.47 Å². The van der Waals surface area contributed by atoms with E-state index in [4.69, 9.17) is 32.7 Å². The normalized spacial score (nSPS) is 15.5. The smallest absolute Gasteiger partial charge is 0.335 e. The third-order valence-corrected chi connectivity index (χ3v) is 7.13. The molecule has 0 aromatic heterocycles. The van der Waals surface area contributed by atoms with Gasteiger partial charge in [-0.25, -0.2) is 9.79 Å². The maximum Gasteiger partial charge on any atom is 0.335 e. The molecule has 7 nitrogen and oxygen atoms in total. The van der Waals surface area contributed by atoms with Gasteiger partial charge < -0.3 is 14.6 Å². The van der Waals surface area contributed by atoms with Gasteiger partial charge in [-0.05, 0) is 78.4 Å². The molecule has 4 rings (SSSR count). The van der Waals surface area contributed by atoms with Crippen molar-refractivity contribution < 1.29 is 24.2 Å². The van der Waals surface area contributed by atoms with Crippen molar-refractivity contribution in [3.05, 3.63) is 92.3 Å². The maximum absolute atomic E-state index is 13.0. The molecule has 0 saturated carbocycles. The van der Waals surface area contributed by atoms with Crippen molar-refractivity contribution in [1.29, 1.82) is 0 Å². The summed E-state index contributed by atoms with van der Waals surface area (Å²) in [4.78, 5) is 30.9. The third kappa shape index (κ3) is 6.28. The lowest BCUT2D eigenvalue weighted by Crippen LogP contribution is -2.28. The van der Waals surface area contributed by atoms with Crippen LogP contribution in [0, 0.1) is 0 Å². The first-order valence-electron chi connectivity index (χ1n) is 11.2. The molecule has 0 atom stereocenters. The number of hydrogen-bond acceptors (Lipinski definition) is 6. The van der Waals surface area contributed by atoms with Crippen LogP contribution in [0.4, 0.5) is 5.69 Å². The van der Waals surface area contributed by atoms with E-state index in [1.165, 1.54) is 23.9 Å². The van der Waals surface area contributed by atoms with Crippen LogP contribution >= 0.6 is 35.0 Å². The Labute approximate surface area is 228 Å². The van der Waals surface area contributed by atoms with Gasteiger partial charge in [0.1, 0.15) is 6.61 Å². The van der Waals surface area contributed by atoms with Gasteiger partial charge in [0.05, 0.1) is 33.3 Å². The second-order valence-electron chi connectivity index (χ2n) is 7.86. The molecule has 10 heteroatoms. The highest BCUT2D eigenvalue weighted by atomic mass is 35.5. The molecule has 1 aliphatic rings. The molecular formula is C27H22Cl2N2O5S. The number of rotatable bonds is 8. The number of thioether (sulfide) groups is 1. The van der Waals surface area contributed by atoms with Crippen molar-refractivity contribution in [2.75, 3.05) is 13.7 Å². The highest BCUT2D eigenvalue weighted by Gasteiger charge is 2.32. The molecule has 1 N–H and O–H groups in total. The van der Waals surface area contributed by atoms with Gasteiger partial charge in [-0.1, -0.05) is 41.4 Å². The number of ether oxygens (including phenoxy) is 2. The number of hydrogen-bond donors (Lipinski definition) is 1. The number of likely N-dealkylation sites (N-methyl/N-ethyl adjacent to an activating group) is 1. The van der Waals surface area contributed by atoms with Crippen molar-refractivity contribution in [3.8, 4) is 11.5 Å². The Kier molecular flexibility index (Phi) is 8.43. The Morgan fingerprint density at radius 3 is 2.59 bits per heavy atom. The van der Waals surface area contributed by atoms with Crippen LogP contribution in [0.3, 0.4) is 0 Å². The van der Waals surface area contributed by atoms with Crippen LogP contribution in [0.1, 0.15) is 28.4 Å². The second kappa shape index (κ2) is 11.7. The van der Waals surface area contributed by atoms with Gasteiger partial charge >= 0.3 is 5.97 Å². The molecule has 37 heavy (non-hydrogen) atoms. The number of benzene rings is 3. The van der Waals surface area contributed by atoms with E-state index in [1.807, 2.05) is 19.1 Å². The molecule has 3 aromatic carbocycles. The number of amides is 1. The lowest BCUT2D eigenvalue weighted by Gasteiger charge is -2.12. The zero-order valence-electron chi connectivity index (χ0n) is 19.9. The molecule has 3 aromatic rings. The summed E-state index contributed by atoms with van der Waals surface area (Å²) in [5.41, 5.74) is 2.19. The minimum atomic E-state index is -1.04. The standard InChI is InChI=1S/C27H22Cl2N2O5S/c1-3-31-25(32)24(37-27(31)30-19-6-4-5-18(14-19)26(33)34)13-16-8-10-22(23(12-16)35-2)36-15-17-7-9-20(28)21(29)11-17/h4-14H,3,15H2,1-2H3,(H,33,34)/b24-13-,30-27?. The summed E-state index contributed by atoms with van der Waals surface area (Å²) in [6.07, 6.45) is 1.76. The van der Waals surface area contributed by atoms with Gasteiger partial charge in [0, 0.05) is 6.54 Å². The van der Waals surface area contributed by atoms with E-state index < -0.39 is 5.97 Å². The fourth-order valence-corrected chi connectivity index (χ4v) is 4.91. The largest absolute Gasteiger partial charge is 0.493 e. The molecule has 190 valence electrons. The molecule has 1 saturated heterocycles. The molecule has 1 aliphatic heterocycles. The van der Waals surface area contributed by atoms with Crippen LogP contribution in [0.5, 0.6) is 11.5 Å². The minimum Gasteiger partial charge on any atom is -0.493 e. The van der Waals surface area contributed by atoms with Gasteiger partial charge in [0.2, 0.25) is 0 Å². The summed E-state index contributed by atoms with van der Waals surface area (Å²) in [7, 11) is 1.54. The highest BCUT2D eigenvalue weighted by molar-refractivity contribution is 8.18. The summed E-state index contributed by atoms with van der Waals surface area (Å²) >= 11 is 13.3. The predicted octanol–water partition coefficient (Wildman–Crippen LogP) is 6.90. The Bertz CT molecular complexity index is 1420. The van der Waals surface area contributed by atoms with Gasteiger partial charge in [-0.3, -0.25) is 9.69 Å². The van der Waals surface area contributed by atoms with Crippen molar-refractivity contribution in [1.82, 2.24) is 4.90 Å². The molecule has 1 amide bonds. The number of halogens is 2. The van der Waals surface area contributed by atoms with E-state index in [0.717, 1.165) is 11.1 Å². The Balaban J connectivity index is 1.55. The van der Waals surface area contributed by atoms with E-state index in [1.54, 1.807) is 54.5 Å². The first kappa shape index (κ1) is 26.6. The predicted molar refractivity (Wildman–Crippen MR) is 147 cm³/mol. The molecule has 1 heterocycles. The molecule has 0 radical (unpaired) electrons. The summed E-state index contributed by atoms with van der Waals surface area (Å²) in [5, 5.41) is 10.6. The topological polar surface area (TPSA) is 88.4 Å². The van der Waals surface area contributed by atoms with Crippen LogP contribution in [0.25, 0.3) is 6.08 Å². The Morgan fingerprint density at radius 2 is 1.89 bits per heavy atom. The van der Waals surface area contributed by atoms with Gasteiger partial charge in [-0.2, -0.15) is 0 Å². The summed E-state index contributed by atoms with van der Waals surface area (Å²) in [6.45, 7) is 2.55. The first-order chi connectivity index (χ1) is 17.8. The summed E-state index contributed by atoms with van der Waals surface area (Å²) in [6, 6.07) is 17.0. The van der Waals surface area contributed by atoms with Crippen LogP contribution in [0.2, 0.25) is 10.0 Å². The number of amidine groups is 1. The Morgan fingerprint density at radius 1 is 1.08 bits per heavy atom. The maximum atomic E-state index is 13.0. The third-order valence-electron chi connectivity index (χ3n) is 5.39. The summed E-state index contributed by atoms with van der Waals surface area (Å²) < 4.78 is 11.4. The zero-order chi connectivity index (χ0) is 26.5. The number of carbonyl (C=O) groups is 2. The lowest BCUT2D eigenvalue weighted by atomic mass is 10.1. The van der Waals surface area contributed by atoms with Gasteiger partial charge in [0.15, 0.2) is 16.7 Å². The molecule has 1 fully saturated rings. The number of carboxylic acid groups (broad SMARTS) is 1. The average Bonchev–Trinajstić information content (AvgIpc) is 3.18. The van der Waals surface area contributed by atoms with Gasteiger partial charge in [-0.15, -0.1) is 0 Å². The van der Waals surface area contributed by atoms with Gasteiger partial charge in [0.25, 0.3) is 5.91 Å². The molecule has 0 aliphatic carbocycles. The molecule has 0 unspecified atom stereocenters. The summed E-state index contributed by atoms with van der Waals surface area (Å²) in [5.74, 6) is -0.170. The number of aromatic carboxylic acids is 1. The fourth-order valence-electron chi connectivity index (χ4n) is 3.52. The zero-order valence-corrected chi connectivity index (χ0v) is 22.2. The van der Waals surface area contributed by atoms with Crippen LogP contribution in [0.15, 0.2) is 70.6 Å². The SMILES string of the molecule is CCN1C(=O)/C(=C/c2ccc(OCc3ccc(Cl)c(Cl)c3)c(OC)c2)SC1=Nc1cccc(C(=O)O)c1. The Hall–Kier alpha value is -3.46. The van der Waals surface area contributed by atoms with E-state index in [2.05, 4.69) is 4.99 Å². The van der Waals surface area contributed by atoms with Crippen LogP contribution in [-0.4, -0.2) is 40.7 Å².